The van der Waals surface area contributed by atoms with E-state index in [1.165, 1.54) is 0 Å². The van der Waals surface area contributed by atoms with E-state index in [9.17, 15) is 9.59 Å². The van der Waals surface area contributed by atoms with E-state index in [0.29, 0.717) is 48.6 Å². The van der Waals surface area contributed by atoms with Crippen LogP contribution in [0.4, 0.5) is 5.95 Å². The van der Waals surface area contributed by atoms with Gasteiger partial charge in [0.05, 0.1) is 25.5 Å². The molecule has 36 heavy (non-hydrogen) atoms. The van der Waals surface area contributed by atoms with Gasteiger partial charge < -0.3 is 14.5 Å². The van der Waals surface area contributed by atoms with Crippen LogP contribution in [0.15, 0.2) is 4.79 Å². The average molecular weight is 502 g/mol. The first-order valence-electron chi connectivity index (χ1n) is 13.3. The smallest absolute Gasteiger partial charge is 0.278 e. The van der Waals surface area contributed by atoms with Gasteiger partial charge in [0.25, 0.3) is 5.56 Å². The van der Waals surface area contributed by atoms with E-state index in [4.69, 9.17) is 9.72 Å². The SMILES string of the molecule is CC(C)CN(CC1CCN(C(=O)CN2CCOCC2)CC1)c1nc2c(C(C)(C)C)nn(C)c2c(=O)[nH]1. The highest BCUT2D eigenvalue weighted by Gasteiger charge is 2.29. The predicted octanol–water partition coefficient (Wildman–Crippen LogP) is 1.99. The van der Waals surface area contributed by atoms with Gasteiger partial charge in [-0.25, -0.2) is 4.98 Å². The van der Waals surface area contributed by atoms with E-state index < -0.39 is 0 Å². The summed E-state index contributed by atoms with van der Waals surface area (Å²) >= 11 is 0. The Kier molecular flexibility index (Phi) is 8.04. The minimum Gasteiger partial charge on any atom is -0.379 e. The maximum absolute atomic E-state index is 13.1. The predicted molar refractivity (Wildman–Crippen MR) is 141 cm³/mol. The van der Waals surface area contributed by atoms with Crippen LogP contribution in [0.5, 0.6) is 0 Å². The number of likely N-dealkylation sites (tertiary alicyclic amines) is 1. The third-order valence-corrected chi connectivity index (χ3v) is 7.18. The number of aromatic nitrogens is 4. The number of fused-ring (bicyclic) bond motifs is 1. The molecule has 10 heteroatoms. The zero-order chi connectivity index (χ0) is 26.0. The van der Waals surface area contributed by atoms with Crippen LogP contribution in [0.2, 0.25) is 0 Å². The molecule has 0 unspecified atom stereocenters. The summed E-state index contributed by atoms with van der Waals surface area (Å²) in [5.74, 6) is 1.69. The van der Waals surface area contributed by atoms with Crippen LogP contribution in [-0.4, -0.2) is 94.5 Å². The molecule has 2 aliphatic rings. The highest BCUT2D eigenvalue weighted by molar-refractivity contribution is 5.79. The Morgan fingerprint density at radius 3 is 2.44 bits per heavy atom. The molecule has 4 heterocycles. The summed E-state index contributed by atoms with van der Waals surface area (Å²) in [5, 5.41) is 4.63. The lowest BCUT2D eigenvalue weighted by Gasteiger charge is -2.36. The fourth-order valence-electron chi connectivity index (χ4n) is 5.24. The molecule has 4 rings (SSSR count). The Labute approximate surface area is 214 Å². The zero-order valence-electron chi connectivity index (χ0n) is 22.8. The average Bonchev–Trinajstić information content (AvgIpc) is 3.17. The van der Waals surface area contributed by atoms with Gasteiger partial charge in [0, 0.05) is 51.7 Å². The van der Waals surface area contributed by atoms with Crippen LogP contribution in [0, 0.1) is 11.8 Å². The molecule has 0 aliphatic carbocycles. The molecule has 10 nitrogen and oxygen atoms in total. The van der Waals surface area contributed by atoms with Crippen molar-refractivity contribution in [3.63, 3.8) is 0 Å². The summed E-state index contributed by atoms with van der Waals surface area (Å²) in [7, 11) is 1.80. The summed E-state index contributed by atoms with van der Waals surface area (Å²) in [4.78, 5) is 40.3. The van der Waals surface area contributed by atoms with Crippen molar-refractivity contribution in [3.8, 4) is 0 Å². The van der Waals surface area contributed by atoms with Gasteiger partial charge in [-0.3, -0.25) is 24.2 Å². The van der Waals surface area contributed by atoms with Crippen LogP contribution in [0.25, 0.3) is 11.0 Å². The molecule has 2 aliphatic heterocycles. The minimum atomic E-state index is -0.221. The number of carbonyl (C=O) groups excluding carboxylic acids is 1. The second kappa shape index (κ2) is 10.9. The van der Waals surface area contributed by atoms with Crippen molar-refractivity contribution in [2.75, 3.05) is 63.9 Å². The summed E-state index contributed by atoms with van der Waals surface area (Å²) in [5.41, 5.74) is 1.66. The van der Waals surface area contributed by atoms with E-state index >= 15 is 0 Å². The van der Waals surface area contributed by atoms with E-state index in [0.717, 1.165) is 57.8 Å². The lowest BCUT2D eigenvalue weighted by Crippen LogP contribution is -2.48. The number of aromatic amines is 1. The van der Waals surface area contributed by atoms with Crippen LogP contribution in [0.3, 0.4) is 0 Å². The molecular weight excluding hydrogens is 458 g/mol. The highest BCUT2D eigenvalue weighted by atomic mass is 16.5. The molecule has 1 N–H and O–H groups in total. The summed E-state index contributed by atoms with van der Waals surface area (Å²) in [6, 6.07) is 0. The Hall–Kier alpha value is -2.46. The lowest BCUT2D eigenvalue weighted by molar-refractivity contribution is -0.134. The topological polar surface area (TPSA) is 99.6 Å². The first kappa shape index (κ1) is 26.6. The van der Waals surface area contributed by atoms with Gasteiger partial charge in [0.15, 0.2) is 5.52 Å². The Balaban J connectivity index is 1.47. The highest BCUT2D eigenvalue weighted by Crippen LogP contribution is 2.28. The van der Waals surface area contributed by atoms with Gasteiger partial charge >= 0.3 is 0 Å². The largest absolute Gasteiger partial charge is 0.379 e. The molecule has 200 valence electrons. The number of aryl methyl sites for hydroxylation is 1. The normalized spacial score (nSPS) is 18.4. The lowest BCUT2D eigenvalue weighted by atomic mass is 9.91. The van der Waals surface area contributed by atoms with Gasteiger partial charge in [0.1, 0.15) is 5.52 Å². The number of hydrogen-bond donors (Lipinski definition) is 1. The quantitative estimate of drug-likeness (QED) is 0.619. The van der Waals surface area contributed by atoms with Crippen molar-refractivity contribution >= 4 is 22.9 Å². The number of carbonyl (C=O) groups is 1. The van der Waals surface area contributed by atoms with E-state index in [1.807, 2.05) is 4.90 Å². The molecule has 2 aromatic heterocycles. The number of piperidine rings is 1. The molecule has 0 aromatic carbocycles. The first-order chi connectivity index (χ1) is 17.0. The molecule has 2 aromatic rings. The third kappa shape index (κ3) is 6.08. The van der Waals surface area contributed by atoms with Crippen LogP contribution in [0.1, 0.15) is 53.2 Å². The van der Waals surface area contributed by atoms with Crippen molar-refractivity contribution in [2.24, 2.45) is 18.9 Å². The van der Waals surface area contributed by atoms with Crippen LogP contribution in [-0.2, 0) is 22.0 Å². The maximum Gasteiger partial charge on any atom is 0.278 e. The van der Waals surface area contributed by atoms with Gasteiger partial charge in [-0.1, -0.05) is 34.6 Å². The van der Waals surface area contributed by atoms with Gasteiger partial charge in [-0.2, -0.15) is 5.10 Å². The fraction of sp³-hybridized carbons (Fsp3) is 0.769. The third-order valence-electron chi connectivity index (χ3n) is 7.18. The van der Waals surface area contributed by atoms with Gasteiger partial charge in [0.2, 0.25) is 11.9 Å². The van der Waals surface area contributed by atoms with Crippen molar-refractivity contribution in [2.45, 2.75) is 52.9 Å². The molecule has 0 spiro atoms. The molecule has 0 saturated carbocycles. The monoisotopic (exact) mass is 501 g/mol. The second-order valence-electron chi connectivity index (χ2n) is 11.8. The Morgan fingerprint density at radius 2 is 1.83 bits per heavy atom. The summed E-state index contributed by atoms with van der Waals surface area (Å²) < 4.78 is 7.03. The number of anilines is 1. The van der Waals surface area contributed by atoms with Crippen molar-refractivity contribution in [1.82, 2.24) is 29.5 Å². The molecule has 0 radical (unpaired) electrons. The summed E-state index contributed by atoms with van der Waals surface area (Å²) in [6.07, 6.45) is 1.91. The van der Waals surface area contributed by atoms with Gasteiger partial charge in [-0.15, -0.1) is 0 Å². The second-order valence-corrected chi connectivity index (χ2v) is 11.8. The molecular formula is C26H43N7O3. The number of amides is 1. The Bertz CT molecular complexity index is 1100. The number of morpholine rings is 1. The van der Waals surface area contributed by atoms with E-state index in [-0.39, 0.29) is 16.9 Å². The number of H-pyrrole nitrogens is 1. The zero-order valence-corrected chi connectivity index (χ0v) is 22.8. The van der Waals surface area contributed by atoms with Crippen molar-refractivity contribution in [3.05, 3.63) is 16.0 Å². The fourth-order valence-corrected chi connectivity index (χ4v) is 5.24. The summed E-state index contributed by atoms with van der Waals surface area (Å²) in [6.45, 7) is 17.4. The standard InChI is InChI=1S/C26H43N7O3/c1-18(2)15-33(25-27-21-22(24(35)28-25)30(6)29-23(21)26(3,4)5)16-19-7-9-32(10-8-19)20(34)17-31-11-13-36-14-12-31/h18-19H,7-17H2,1-6H3,(H,27,28,35). The number of hydrogen-bond acceptors (Lipinski definition) is 7. The molecule has 2 saturated heterocycles. The van der Waals surface area contributed by atoms with Crippen LogP contribution < -0.4 is 10.5 Å². The Morgan fingerprint density at radius 1 is 1.17 bits per heavy atom. The van der Waals surface area contributed by atoms with Crippen molar-refractivity contribution < 1.29 is 9.53 Å². The number of ether oxygens (including phenoxy) is 1. The van der Waals surface area contributed by atoms with Crippen molar-refractivity contribution in [1.29, 1.82) is 0 Å². The number of nitrogens with zero attached hydrogens (tertiary/aromatic N) is 6. The molecule has 0 atom stereocenters. The molecule has 2 fully saturated rings. The van der Waals surface area contributed by atoms with Gasteiger partial charge in [-0.05, 0) is 24.7 Å². The molecule has 0 bridgehead atoms. The first-order valence-corrected chi connectivity index (χ1v) is 13.3. The van der Waals surface area contributed by atoms with E-state index in [1.54, 1.807) is 11.7 Å². The molecule has 1 amide bonds. The number of rotatable bonds is 7. The van der Waals surface area contributed by atoms with E-state index in [2.05, 4.69) is 54.5 Å². The number of nitrogens with one attached hydrogen (secondary N) is 1. The maximum atomic E-state index is 13.1. The van der Waals surface area contributed by atoms with Crippen LogP contribution >= 0.6 is 0 Å². The minimum absolute atomic E-state index is 0.155.